The highest BCUT2D eigenvalue weighted by Gasteiger charge is 2.19. The number of benzene rings is 1. The zero-order valence-electron chi connectivity index (χ0n) is 14.2. The van der Waals surface area contributed by atoms with Crippen LogP contribution in [0.15, 0.2) is 36.8 Å². The van der Waals surface area contributed by atoms with E-state index in [-0.39, 0.29) is 12.3 Å². The maximum atomic E-state index is 12.4. The van der Waals surface area contributed by atoms with Gasteiger partial charge in [0.25, 0.3) is 0 Å². The minimum atomic E-state index is -0.0604. The van der Waals surface area contributed by atoms with E-state index in [1.54, 1.807) is 12.4 Å². The lowest BCUT2D eigenvalue weighted by molar-refractivity contribution is 0.100. The highest BCUT2D eigenvalue weighted by Crippen LogP contribution is 2.33. The zero-order valence-corrected chi connectivity index (χ0v) is 14.2. The van der Waals surface area contributed by atoms with Crippen LogP contribution in [0.1, 0.15) is 40.2 Å². The van der Waals surface area contributed by atoms with Crippen LogP contribution in [-0.2, 0) is 12.8 Å². The molecule has 0 saturated carbocycles. The molecule has 0 aliphatic heterocycles. The molecule has 5 heteroatoms. The number of pyridine rings is 1. The van der Waals surface area contributed by atoms with Crippen LogP contribution in [0.4, 0.5) is 5.69 Å². The van der Waals surface area contributed by atoms with Gasteiger partial charge in [0.1, 0.15) is 5.69 Å². The van der Waals surface area contributed by atoms with Gasteiger partial charge >= 0.3 is 0 Å². The molecule has 1 aromatic carbocycles. The fraction of sp³-hybridized carbons (Fsp3) is 0.300. The van der Waals surface area contributed by atoms with Crippen molar-refractivity contribution >= 4 is 22.4 Å². The third kappa shape index (κ3) is 3.09. The monoisotopic (exact) mass is 332 g/mol. The second kappa shape index (κ2) is 6.59. The van der Waals surface area contributed by atoms with E-state index in [0.717, 1.165) is 29.4 Å². The highest BCUT2D eigenvalue weighted by molar-refractivity contribution is 6.00. The van der Waals surface area contributed by atoms with Crippen LogP contribution in [0, 0.1) is 6.92 Å². The molecule has 1 N–H and O–H groups in total. The molecule has 0 fully saturated rings. The molecule has 0 spiro atoms. The Hall–Kier alpha value is -2.82. The minimum Gasteiger partial charge on any atom is -0.377 e. The van der Waals surface area contributed by atoms with Gasteiger partial charge < -0.3 is 5.32 Å². The van der Waals surface area contributed by atoms with Gasteiger partial charge in [-0.2, -0.15) is 0 Å². The van der Waals surface area contributed by atoms with Crippen molar-refractivity contribution in [3.05, 3.63) is 59.3 Å². The van der Waals surface area contributed by atoms with E-state index < -0.39 is 0 Å². The third-order valence-electron chi connectivity index (χ3n) is 4.69. The second-order valence-corrected chi connectivity index (χ2v) is 6.51. The lowest BCUT2D eigenvalue weighted by Gasteiger charge is -2.21. The molecule has 2 heterocycles. The van der Waals surface area contributed by atoms with Gasteiger partial charge in [0, 0.05) is 29.2 Å². The minimum absolute atomic E-state index is 0.0604. The molecule has 1 aliphatic carbocycles. The average molecular weight is 332 g/mol. The predicted molar refractivity (Wildman–Crippen MR) is 98.0 cm³/mol. The van der Waals surface area contributed by atoms with Gasteiger partial charge in [-0.3, -0.25) is 14.8 Å². The number of aromatic nitrogens is 3. The van der Waals surface area contributed by atoms with Crippen molar-refractivity contribution < 1.29 is 4.79 Å². The lowest BCUT2D eigenvalue weighted by Crippen LogP contribution is -2.18. The van der Waals surface area contributed by atoms with E-state index >= 15 is 0 Å². The van der Waals surface area contributed by atoms with Crippen molar-refractivity contribution in [3.63, 3.8) is 0 Å². The quantitative estimate of drug-likeness (QED) is 0.741. The molecular weight excluding hydrogens is 312 g/mol. The van der Waals surface area contributed by atoms with Gasteiger partial charge in [0.15, 0.2) is 0 Å². The van der Waals surface area contributed by atoms with Gasteiger partial charge in [-0.1, -0.05) is 12.1 Å². The maximum Gasteiger partial charge on any atom is 0.201 e. The molecule has 126 valence electrons. The number of ketones is 1. The van der Waals surface area contributed by atoms with Crippen LogP contribution < -0.4 is 5.32 Å². The van der Waals surface area contributed by atoms with Crippen molar-refractivity contribution in [3.8, 4) is 0 Å². The Morgan fingerprint density at radius 1 is 1.20 bits per heavy atom. The first-order valence-electron chi connectivity index (χ1n) is 8.67. The lowest BCUT2D eigenvalue weighted by atomic mass is 9.92. The molecule has 0 amide bonds. The molecule has 0 saturated heterocycles. The van der Waals surface area contributed by atoms with Crippen LogP contribution in [0.2, 0.25) is 0 Å². The summed E-state index contributed by atoms with van der Waals surface area (Å²) >= 11 is 0. The smallest absolute Gasteiger partial charge is 0.201 e. The van der Waals surface area contributed by atoms with Gasteiger partial charge in [-0.25, -0.2) is 4.98 Å². The van der Waals surface area contributed by atoms with Gasteiger partial charge in [0.2, 0.25) is 5.78 Å². The molecule has 5 nitrogen and oxygen atoms in total. The number of hydrogen-bond acceptors (Lipinski definition) is 5. The number of rotatable bonds is 4. The Kier molecular flexibility index (Phi) is 4.14. The summed E-state index contributed by atoms with van der Waals surface area (Å²) in [4.78, 5) is 25.3. The fourth-order valence-corrected chi connectivity index (χ4v) is 3.44. The Bertz CT molecular complexity index is 937. The fourth-order valence-electron chi connectivity index (χ4n) is 3.44. The number of hydrogen-bond donors (Lipinski definition) is 1. The Morgan fingerprint density at radius 2 is 2.08 bits per heavy atom. The number of nitrogens with zero attached hydrogens (tertiary/aromatic N) is 3. The number of carbonyl (C=O) groups excluding carboxylic acids is 1. The number of nitrogens with one attached hydrogen (secondary N) is 1. The van der Waals surface area contributed by atoms with Crippen molar-refractivity contribution in [1.29, 1.82) is 0 Å². The van der Waals surface area contributed by atoms with Crippen LogP contribution in [-0.4, -0.2) is 27.3 Å². The molecular formula is C20H20N4O. The average Bonchev–Trinajstić information content (AvgIpc) is 2.65. The van der Waals surface area contributed by atoms with Crippen molar-refractivity contribution in [1.82, 2.24) is 15.0 Å². The summed E-state index contributed by atoms with van der Waals surface area (Å²) in [6, 6.07) is 6.30. The molecule has 0 bridgehead atoms. The summed E-state index contributed by atoms with van der Waals surface area (Å²) in [5, 5.41) is 4.46. The van der Waals surface area contributed by atoms with Crippen LogP contribution in [0.5, 0.6) is 0 Å². The SMILES string of the molecule is Cc1ccc2c(NCC(=O)c3cnccn3)c3c(nc2c1)CCCC3. The molecule has 4 rings (SSSR count). The van der Waals surface area contributed by atoms with Crippen LogP contribution in [0.3, 0.4) is 0 Å². The first kappa shape index (κ1) is 15.7. The summed E-state index contributed by atoms with van der Waals surface area (Å²) in [6.45, 7) is 2.28. The molecule has 0 unspecified atom stereocenters. The maximum absolute atomic E-state index is 12.4. The number of aryl methyl sites for hydroxylation is 2. The standard InChI is InChI=1S/C20H20N4O/c1-13-6-7-15-17(10-13)24-16-5-3-2-4-14(16)20(15)23-12-19(25)18-11-21-8-9-22-18/h6-11H,2-5,12H2,1H3,(H,23,24). The van der Waals surface area contributed by atoms with E-state index in [1.165, 1.54) is 35.9 Å². The summed E-state index contributed by atoms with van der Waals surface area (Å²) in [5.74, 6) is -0.0604. The molecule has 0 atom stereocenters. The van der Waals surface area contributed by atoms with E-state index in [2.05, 4.69) is 40.4 Å². The molecule has 25 heavy (non-hydrogen) atoms. The summed E-state index contributed by atoms with van der Waals surface area (Å²) in [7, 11) is 0. The normalized spacial score (nSPS) is 13.5. The number of anilines is 1. The first-order valence-corrected chi connectivity index (χ1v) is 8.67. The van der Waals surface area contributed by atoms with E-state index in [0.29, 0.717) is 5.69 Å². The van der Waals surface area contributed by atoms with Crippen LogP contribution >= 0.6 is 0 Å². The largest absolute Gasteiger partial charge is 0.377 e. The van der Waals surface area contributed by atoms with Crippen molar-refractivity contribution in [2.24, 2.45) is 0 Å². The van der Waals surface area contributed by atoms with Gasteiger partial charge in [-0.05, 0) is 49.8 Å². The molecule has 3 aromatic rings. The molecule has 1 aliphatic rings. The number of fused-ring (bicyclic) bond motifs is 2. The Labute approximate surface area is 146 Å². The summed E-state index contributed by atoms with van der Waals surface area (Å²) in [6.07, 6.45) is 8.97. The van der Waals surface area contributed by atoms with E-state index in [1.807, 2.05) is 0 Å². The Morgan fingerprint density at radius 3 is 2.92 bits per heavy atom. The third-order valence-corrected chi connectivity index (χ3v) is 4.69. The Balaban J connectivity index is 1.71. The van der Waals surface area contributed by atoms with Crippen LogP contribution in [0.25, 0.3) is 10.9 Å². The molecule has 2 aromatic heterocycles. The second-order valence-electron chi connectivity index (χ2n) is 6.51. The van der Waals surface area contributed by atoms with E-state index in [9.17, 15) is 4.79 Å². The number of carbonyl (C=O) groups is 1. The molecule has 0 radical (unpaired) electrons. The predicted octanol–water partition coefficient (Wildman–Crippen LogP) is 3.51. The summed E-state index contributed by atoms with van der Waals surface area (Å²) < 4.78 is 0. The van der Waals surface area contributed by atoms with Gasteiger partial charge in [0.05, 0.1) is 18.3 Å². The van der Waals surface area contributed by atoms with E-state index in [4.69, 9.17) is 4.98 Å². The van der Waals surface area contributed by atoms with Gasteiger partial charge in [-0.15, -0.1) is 0 Å². The summed E-state index contributed by atoms with van der Waals surface area (Å²) in [5.41, 5.74) is 6.05. The van der Waals surface area contributed by atoms with Crippen molar-refractivity contribution in [2.75, 3.05) is 11.9 Å². The zero-order chi connectivity index (χ0) is 17.2. The van der Waals surface area contributed by atoms with Crippen molar-refractivity contribution in [2.45, 2.75) is 32.6 Å². The number of Topliss-reactive ketones (excluding diaryl/α,β-unsaturated/α-hetero) is 1. The highest BCUT2D eigenvalue weighted by atomic mass is 16.1. The topological polar surface area (TPSA) is 67.8 Å². The first-order chi connectivity index (χ1) is 12.2.